The molecule has 3 nitrogen and oxygen atoms in total. The fourth-order valence-corrected chi connectivity index (χ4v) is 2.68. The zero-order valence-corrected chi connectivity index (χ0v) is 13.1. The summed E-state index contributed by atoms with van der Waals surface area (Å²) < 4.78 is 1.63. The number of aliphatic hydroxyl groups excluding tert-OH is 1. The van der Waals surface area contributed by atoms with Crippen molar-refractivity contribution in [2.24, 2.45) is 7.05 Å². The van der Waals surface area contributed by atoms with Crippen LogP contribution in [0.25, 0.3) is 0 Å². The number of hydrogen-bond acceptors (Lipinski definition) is 2. The van der Waals surface area contributed by atoms with E-state index in [1.807, 2.05) is 18.2 Å². The van der Waals surface area contributed by atoms with E-state index in [1.54, 1.807) is 11.7 Å². The van der Waals surface area contributed by atoms with Gasteiger partial charge in [0.2, 0.25) is 0 Å². The van der Waals surface area contributed by atoms with Crippen LogP contribution in [0.2, 0.25) is 5.15 Å². The number of benzene rings is 1. The van der Waals surface area contributed by atoms with Crippen molar-refractivity contribution >= 4 is 11.6 Å². The molecule has 1 N–H and O–H groups in total. The molecule has 0 aliphatic heterocycles. The zero-order chi connectivity index (χ0) is 14.9. The smallest absolute Gasteiger partial charge is 0.132 e. The first-order valence-corrected chi connectivity index (χ1v) is 7.24. The predicted molar refractivity (Wildman–Crippen MR) is 82.1 cm³/mol. The standard InChI is InChI=1S/C16H21ClN2O/c1-10(2)15-14(16(17)19(4)18-15)13(20)9-12-8-6-5-7-11(12)3/h5-8,10,13,20H,9H2,1-4H3. The lowest BCUT2D eigenvalue weighted by Crippen LogP contribution is -2.06. The molecule has 2 rings (SSSR count). The van der Waals surface area contributed by atoms with Gasteiger partial charge in [0.05, 0.1) is 11.8 Å². The number of halogens is 1. The number of nitrogens with zero attached hydrogens (tertiary/aromatic N) is 2. The minimum atomic E-state index is -0.630. The number of aromatic nitrogens is 2. The fourth-order valence-electron chi connectivity index (χ4n) is 2.42. The molecule has 108 valence electrons. The van der Waals surface area contributed by atoms with E-state index in [0.717, 1.165) is 16.8 Å². The lowest BCUT2D eigenvalue weighted by Gasteiger charge is -2.14. The second kappa shape index (κ2) is 5.98. The van der Waals surface area contributed by atoms with E-state index in [-0.39, 0.29) is 5.92 Å². The van der Waals surface area contributed by atoms with E-state index in [4.69, 9.17) is 11.6 Å². The quantitative estimate of drug-likeness (QED) is 0.931. The molecule has 1 aromatic heterocycles. The summed E-state index contributed by atoms with van der Waals surface area (Å²) in [4.78, 5) is 0. The van der Waals surface area contributed by atoms with Gasteiger partial charge in [0.1, 0.15) is 5.15 Å². The van der Waals surface area contributed by atoms with Gasteiger partial charge >= 0.3 is 0 Å². The van der Waals surface area contributed by atoms with Crippen LogP contribution in [0.5, 0.6) is 0 Å². The lowest BCUT2D eigenvalue weighted by atomic mass is 9.96. The van der Waals surface area contributed by atoms with Gasteiger partial charge in [0, 0.05) is 19.0 Å². The predicted octanol–water partition coefficient (Wildman–Crippen LogP) is 3.78. The maximum atomic E-state index is 10.6. The maximum absolute atomic E-state index is 10.6. The third-order valence-corrected chi connectivity index (χ3v) is 4.04. The highest BCUT2D eigenvalue weighted by atomic mass is 35.5. The molecule has 1 heterocycles. The van der Waals surface area contributed by atoms with E-state index < -0.39 is 6.10 Å². The van der Waals surface area contributed by atoms with Crippen LogP contribution >= 0.6 is 11.6 Å². The average molecular weight is 293 g/mol. The molecule has 2 aromatic rings. The molecule has 1 atom stereocenters. The molecule has 4 heteroatoms. The van der Waals surface area contributed by atoms with Crippen molar-refractivity contribution in [2.75, 3.05) is 0 Å². The Morgan fingerprint density at radius 2 is 1.95 bits per heavy atom. The molecule has 0 bridgehead atoms. The van der Waals surface area contributed by atoms with Crippen LogP contribution in [-0.2, 0) is 13.5 Å². The van der Waals surface area contributed by atoms with Crippen LogP contribution in [0, 0.1) is 6.92 Å². The minimum absolute atomic E-state index is 0.232. The van der Waals surface area contributed by atoms with Gasteiger partial charge in [-0.05, 0) is 24.0 Å². The molecule has 0 saturated carbocycles. The molecule has 0 spiro atoms. The van der Waals surface area contributed by atoms with Gasteiger partial charge in [-0.2, -0.15) is 5.10 Å². The molecule has 0 amide bonds. The maximum Gasteiger partial charge on any atom is 0.132 e. The summed E-state index contributed by atoms with van der Waals surface area (Å²) in [7, 11) is 1.80. The Bertz CT molecular complexity index is 605. The van der Waals surface area contributed by atoms with E-state index >= 15 is 0 Å². The molecular formula is C16H21ClN2O. The van der Waals surface area contributed by atoms with E-state index in [9.17, 15) is 5.11 Å². The average Bonchev–Trinajstić information content (AvgIpc) is 2.69. The van der Waals surface area contributed by atoms with Crippen LogP contribution in [-0.4, -0.2) is 14.9 Å². The Kier molecular flexibility index (Phi) is 4.51. The Morgan fingerprint density at radius 1 is 1.30 bits per heavy atom. The summed E-state index contributed by atoms with van der Waals surface area (Å²) in [5, 5.41) is 15.5. The van der Waals surface area contributed by atoms with Gasteiger partial charge in [-0.3, -0.25) is 4.68 Å². The number of aliphatic hydroxyl groups is 1. The van der Waals surface area contributed by atoms with E-state index in [1.165, 1.54) is 5.56 Å². The van der Waals surface area contributed by atoms with Crippen LogP contribution < -0.4 is 0 Å². The highest BCUT2D eigenvalue weighted by Crippen LogP contribution is 2.32. The summed E-state index contributed by atoms with van der Waals surface area (Å²) in [5.74, 6) is 0.232. The summed E-state index contributed by atoms with van der Waals surface area (Å²) in [5.41, 5.74) is 3.94. The van der Waals surface area contributed by atoms with Crippen LogP contribution in [0.1, 0.15) is 48.3 Å². The molecule has 0 aliphatic rings. The zero-order valence-electron chi connectivity index (χ0n) is 12.4. The van der Waals surface area contributed by atoms with E-state index in [2.05, 4.69) is 31.9 Å². The minimum Gasteiger partial charge on any atom is -0.388 e. The van der Waals surface area contributed by atoms with Gasteiger partial charge in [-0.25, -0.2) is 0 Å². The second-order valence-corrected chi connectivity index (χ2v) is 5.87. The van der Waals surface area contributed by atoms with Crippen LogP contribution in [0.4, 0.5) is 0 Å². The molecule has 0 radical (unpaired) electrons. The molecule has 1 aromatic carbocycles. The van der Waals surface area contributed by atoms with Crippen LogP contribution in [0.3, 0.4) is 0 Å². The normalized spacial score (nSPS) is 12.9. The van der Waals surface area contributed by atoms with Gasteiger partial charge < -0.3 is 5.11 Å². The molecule has 0 saturated heterocycles. The van der Waals surface area contributed by atoms with Crippen LogP contribution in [0.15, 0.2) is 24.3 Å². The van der Waals surface area contributed by atoms with Crippen molar-refractivity contribution in [3.05, 3.63) is 51.8 Å². The highest BCUT2D eigenvalue weighted by molar-refractivity contribution is 6.30. The van der Waals surface area contributed by atoms with E-state index in [0.29, 0.717) is 11.6 Å². The summed E-state index contributed by atoms with van der Waals surface area (Å²) >= 11 is 6.30. The van der Waals surface area contributed by atoms with Crippen molar-refractivity contribution in [3.63, 3.8) is 0 Å². The largest absolute Gasteiger partial charge is 0.388 e. The molecule has 0 aliphatic carbocycles. The van der Waals surface area contributed by atoms with Crippen molar-refractivity contribution in [2.45, 2.75) is 39.2 Å². The Balaban J connectivity index is 2.34. The molecular weight excluding hydrogens is 272 g/mol. The fraction of sp³-hybridized carbons (Fsp3) is 0.438. The van der Waals surface area contributed by atoms with Crippen molar-refractivity contribution < 1.29 is 5.11 Å². The number of rotatable bonds is 4. The van der Waals surface area contributed by atoms with Crippen molar-refractivity contribution in [3.8, 4) is 0 Å². The Hall–Kier alpha value is -1.32. The molecule has 20 heavy (non-hydrogen) atoms. The summed E-state index contributed by atoms with van der Waals surface area (Å²) in [6, 6.07) is 8.08. The Morgan fingerprint density at radius 3 is 2.55 bits per heavy atom. The van der Waals surface area contributed by atoms with Gasteiger partial charge in [0.25, 0.3) is 0 Å². The number of aryl methyl sites for hydroxylation is 2. The Labute approximate surface area is 125 Å². The lowest BCUT2D eigenvalue weighted by molar-refractivity contribution is 0.177. The summed E-state index contributed by atoms with van der Waals surface area (Å²) in [6.07, 6.45) is -0.0765. The molecule has 1 unspecified atom stereocenters. The van der Waals surface area contributed by atoms with Crippen molar-refractivity contribution in [1.82, 2.24) is 9.78 Å². The topological polar surface area (TPSA) is 38.1 Å². The highest BCUT2D eigenvalue weighted by Gasteiger charge is 2.23. The second-order valence-electron chi connectivity index (χ2n) is 5.51. The monoisotopic (exact) mass is 292 g/mol. The van der Waals surface area contributed by atoms with Crippen molar-refractivity contribution in [1.29, 1.82) is 0 Å². The first kappa shape index (κ1) is 15.1. The van der Waals surface area contributed by atoms with Gasteiger partial charge in [-0.1, -0.05) is 49.7 Å². The van der Waals surface area contributed by atoms with Gasteiger partial charge in [-0.15, -0.1) is 0 Å². The van der Waals surface area contributed by atoms with Gasteiger partial charge in [0.15, 0.2) is 0 Å². The summed E-state index contributed by atoms with van der Waals surface area (Å²) in [6.45, 7) is 6.17. The SMILES string of the molecule is Cc1ccccc1CC(O)c1c(C(C)C)nn(C)c1Cl. The number of hydrogen-bond donors (Lipinski definition) is 1. The third kappa shape index (κ3) is 2.89. The third-order valence-electron chi connectivity index (χ3n) is 3.59. The first-order valence-electron chi connectivity index (χ1n) is 6.86. The first-order chi connectivity index (χ1) is 9.41. The molecule has 0 fully saturated rings.